The van der Waals surface area contributed by atoms with Gasteiger partial charge in [-0.15, -0.1) is 0 Å². The fraction of sp³-hybridized carbons (Fsp3) is 0.462. The largest absolute Gasteiger partial charge is 0.492 e. The lowest BCUT2D eigenvalue weighted by Crippen LogP contribution is -2.22. The molecule has 0 amide bonds. The van der Waals surface area contributed by atoms with E-state index in [9.17, 15) is 13.2 Å². The van der Waals surface area contributed by atoms with Crippen LogP contribution in [0.1, 0.15) is 24.2 Å². The molecule has 0 bridgehead atoms. The molecule has 6 heteroatoms. The summed E-state index contributed by atoms with van der Waals surface area (Å²) in [6.45, 7) is 3.43. The highest BCUT2D eigenvalue weighted by Crippen LogP contribution is 2.29. The first-order valence-electron chi connectivity index (χ1n) is 6.04. The average molecular weight is 284 g/mol. The van der Waals surface area contributed by atoms with Gasteiger partial charge >= 0.3 is 0 Å². The quantitative estimate of drug-likeness (QED) is 0.818. The zero-order valence-electron chi connectivity index (χ0n) is 10.9. The molecule has 1 aromatic carbocycles. The highest BCUT2D eigenvalue weighted by Gasteiger charge is 2.21. The molecule has 19 heavy (non-hydrogen) atoms. The summed E-state index contributed by atoms with van der Waals surface area (Å²) < 4.78 is 33.8. The summed E-state index contributed by atoms with van der Waals surface area (Å²) in [6.07, 6.45) is 0. The van der Waals surface area contributed by atoms with Gasteiger partial charge in [-0.1, -0.05) is 0 Å². The maximum Gasteiger partial charge on any atom is 0.203 e. The van der Waals surface area contributed by atoms with E-state index in [0.717, 1.165) is 0 Å². The molecule has 0 saturated heterocycles. The van der Waals surface area contributed by atoms with Crippen molar-refractivity contribution < 1.29 is 22.7 Å². The summed E-state index contributed by atoms with van der Waals surface area (Å²) in [7, 11) is -3.10. The first-order valence-corrected chi connectivity index (χ1v) is 7.76. The molecule has 5 nitrogen and oxygen atoms in total. The predicted octanol–water partition coefficient (Wildman–Crippen LogP) is 1.46. The van der Waals surface area contributed by atoms with Crippen molar-refractivity contribution in [2.75, 3.05) is 19.0 Å². The van der Waals surface area contributed by atoms with E-state index in [-0.39, 0.29) is 24.7 Å². The van der Waals surface area contributed by atoms with E-state index in [2.05, 4.69) is 0 Å². The average Bonchev–Trinajstić information content (AvgIpc) is 2.70. The van der Waals surface area contributed by atoms with Gasteiger partial charge in [-0.2, -0.15) is 0 Å². The van der Waals surface area contributed by atoms with Crippen LogP contribution in [-0.2, 0) is 9.84 Å². The summed E-state index contributed by atoms with van der Waals surface area (Å²) >= 11 is 0. The lowest BCUT2D eigenvalue weighted by atomic mass is 10.1. The van der Waals surface area contributed by atoms with Gasteiger partial charge in [0, 0.05) is 6.07 Å². The van der Waals surface area contributed by atoms with Crippen molar-refractivity contribution in [3.63, 3.8) is 0 Å². The topological polar surface area (TPSA) is 69.7 Å². The smallest absolute Gasteiger partial charge is 0.203 e. The van der Waals surface area contributed by atoms with Gasteiger partial charge in [0.15, 0.2) is 16.4 Å². The van der Waals surface area contributed by atoms with E-state index in [4.69, 9.17) is 9.47 Å². The van der Waals surface area contributed by atoms with E-state index >= 15 is 0 Å². The molecule has 0 unspecified atom stereocenters. The first kappa shape index (κ1) is 13.9. The van der Waals surface area contributed by atoms with Crippen molar-refractivity contribution >= 4 is 15.6 Å². The van der Waals surface area contributed by atoms with Gasteiger partial charge in [0.1, 0.15) is 18.1 Å². The normalized spacial score (nSPS) is 14.4. The third kappa shape index (κ3) is 3.07. The molecular formula is C13H16O5S. The molecule has 0 spiro atoms. The summed E-state index contributed by atoms with van der Waals surface area (Å²) in [5.41, 5.74) is 0.544. The molecule has 1 aliphatic heterocycles. The van der Waals surface area contributed by atoms with Crippen LogP contribution in [0.5, 0.6) is 11.5 Å². The summed E-state index contributed by atoms with van der Waals surface area (Å²) in [5.74, 6) is 0.923. The van der Waals surface area contributed by atoms with Crippen molar-refractivity contribution in [3.8, 4) is 11.5 Å². The van der Waals surface area contributed by atoms with Crippen LogP contribution in [0, 0.1) is 0 Å². The number of hydrogen-bond donors (Lipinski definition) is 0. The second-order valence-electron chi connectivity index (χ2n) is 4.63. The zero-order chi connectivity index (χ0) is 14.0. The molecule has 0 aromatic heterocycles. The summed E-state index contributed by atoms with van der Waals surface area (Å²) in [6, 6.07) is 4.90. The summed E-state index contributed by atoms with van der Waals surface area (Å²) in [4.78, 5) is 11.4. The van der Waals surface area contributed by atoms with Gasteiger partial charge in [0.2, 0.25) is 5.78 Å². The second kappa shape index (κ2) is 5.21. The minimum Gasteiger partial charge on any atom is -0.492 e. The van der Waals surface area contributed by atoms with Gasteiger partial charge in [-0.25, -0.2) is 8.42 Å². The Balaban J connectivity index is 1.97. The number of Topliss-reactive ketones (excluding diaryl/α,β-unsaturated/α-hetero) is 1. The lowest BCUT2D eigenvalue weighted by Gasteiger charge is -2.09. The van der Waals surface area contributed by atoms with E-state index in [0.29, 0.717) is 17.1 Å². The van der Waals surface area contributed by atoms with Crippen LogP contribution in [0.2, 0.25) is 0 Å². The molecule has 0 aliphatic carbocycles. The third-order valence-electron chi connectivity index (χ3n) is 2.97. The van der Waals surface area contributed by atoms with Crippen molar-refractivity contribution in [2.45, 2.75) is 19.1 Å². The Kier molecular flexibility index (Phi) is 3.80. The molecular weight excluding hydrogens is 268 g/mol. The molecule has 0 radical (unpaired) electrons. The number of carbonyl (C=O) groups is 1. The zero-order valence-corrected chi connectivity index (χ0v) is 11.7. The van der Waals surface area contributed by atoms with Gasteiger partial charge in [-0.3, -0.25) is 4.79 Å². The van der Waals surface area contributed by atoms with Crippen LogP contribution in [0.3, 0.4) is 0 Å². The van der Waals surface area contributed by atoms with E-state index in [1.54, 1.807) is 32.0 Å². The Morgan fingerprint density at radius 2 is 2.11 bits per heavy atom. The highest BCUT2D eigenvalue weighted by molar-refractivity contribution is 7.91. The molecule has 104 valence electrons. The monoisotopic (exact) mass is 284 g/mol. The van der Waals surface area contributed by atoms with Crippen molar-refractivity contribution in [3.05, 3.63) is 23.8 Å². The fourth-order valence-corrected chi connectivity index (χ4v) is 2.46. The number of carbonyl (C=O) groups excluding carboxylic acids is 1. The van der Waals surface area contributed by atoms with Crippen LogP contribution >= 0.6 is 0 Å². The van der Waals surface area contributed by atoms with Gasteiger partial charge < -0.3 is 9.47 Å². The van der Waals surface area contributed by atoms with Crippen LogP contribution in [0.4, 0.5) is 0 Å². The Morgan fingerprint density at radius 1 is 1.37 bits per heavy atom. The third-order valence-corrected chi connectivity index (χ3v) is 5.14. The Morgan fingerprint density at radius 3 is 2.79 bits per heavy atom. The minimum absolute atomic E-state index is 0.0263. The Hall–Kier alpha value is -1.56. The van der Waals surface area contributed by atoms with E-state index in [1.807, 2.05) is 0 Å². The molecule has 2 rings (SSSR count). The first-order chi connectivity index (χ1) is 8.90. The molecule has 1 aromatic rings. The Labute approximate surface area is 112 Å². The highest BCUT2D eigenvalue weighted by atomic mass is 32.2. The van der Waals surface area contributed by atoms with Crippen LogP contribution in [0.25, 0.3) is 0 Å². The number of fused-ring (bicyclic) bond motifs is 1. The standard InChI is InChI=1S/C13H16O5S/c1-9(2)19(15,16)6-5-17-10-3-4-11-12(14)8-18-13(11)7-10/h3-4,7,9H,5-6,8H2,1-2H3. The maximum absolute atomic E-state index is 11.6. The number of sulfone groups is 1. The molecule has 0 fully saturated rings. The lowest BCUT2D eigenvalue weighted by molar-refractivity contribution is 0.0961. The fourth-order valence-electron chi connectivity index (χ4n) is 1.67. The van der Waals surface area contributed by atoms with Crippen molar-refractivity contribution in [1.29, 1.82) is 0 Å². The molecule has 0 saturated carbocycles. The maximum atomic E-state index is 11.6. The second-order valence-corrected chi connectivity index (χ2v) is 7.31. The molecule has 0 N–H and O–H groups in total. The molecule has 1 heterocycles. The van der Waals surface area contributed by atoms with Gasteiger partial charge in [-0.05, 0) is 26.0 Å². The number of ether oxygens (including phenoxy) is 2. The summed E-state index contributed by atoms with van der Waals surface area (Å²) in [5, 5.41) is -0.405. The van der Waals surface area contributed by atoms with Gasteiger partial charge in [0.25, 0.3) is 0 Å². The predicted molar refractivity (Wildman–Crippen MR) is 70.7 cm³/mol. The van der Waals surface area contributed by atoms with Crippen molar-refractivity contribution in [1.82, 2.24) is 0 Å². The SMILES string of the molecule is CC(C)S(=O)(=O)CCOc1ccc2c(c1)OCC2=O. The van der Waals surface area contributed by atoms with Gasteiger partial charge in [0.05, 0.1) is 16.6 Å². The molecule has 0 atom stereocenters. The van der Waals surface area contributed by atoms with Crippen LogP contribution < -0.4 is 9.47 Å². The number of hydrogen-bond acceptors (Lipinski definition) is 5. The van der Waals surface area contributed by atoms with Crippen LogP contribution in [-0.4, -0.2) is 38.4 Å². The van der Waals surface area contributed by atoms with E-state index in [1.165, 1.54) is 0 Å². The minimum atomic E-state index is -3.10. The van der Waals surface area contributed by atoms with Crippen LogP contribution in [0.15, 0.2) is 18.2 Å². The number of benzene rings is 1. The van der Waals surface area contributed by atoms with E-state index < -0.39 is 15.1 Å². The molecule has 1 aliphatic rings. The number of ketones is 1. The van der Waals surface area contributed by atoms with Crippen molar-refractivity contribution in [2.24, 2.45) is 0 Å². The number of rotatable bonds is 5. The Bertz CT molecular complexity index is 589.